The van der Waals surface area contributed by atoms with E-state index in [0.29, 0.717) is 43.3 Å². The van der Waals surface area contributed by atoms with E-state index in [2.05, 4.69) is 0 Å². The van der Waals surface area contributed by atoms with Crippen molar-refractivity contribution in [2.75, 3.05) is 38.3 Å². The SMILES string of the molecule is COC(=O)[C@@]1(C)Cc2cc([N+](=O)[O-])c(N3CCOCC3)cc2O1. The van der Waals surface area contributed by atoms with Gasteiger partial charge in [0.15, 0.2) is 0 Å². The van der Waals surface area contributed by atoms with Gasteiger partial charge in [-0.2, -0.15) is 0 Å². The summed E-state index contributed by atoms with van der Waals surface area (Å²) in [6, 6.07) is 3.14. The quantitative estimate of drug-likeness (QED) is 0.470. The number of methoxy groups -OCH3 is 1. The highest BCUT2D eigenvalue weighted by Crippen LogP contribution is 2.43. The minimum absolute atomic E-state index is 0.0170. The summed E-state index contributed by atoms with van der Waals surface area (Å²) in [7, 11) is 1.29. The molecule has 8 nitrogen and oxygen atoms in total. The van der Waals surface area contributed by atoms with Crippen molar-refractivity contribution in [1.82, 2.24) is 0 Å². The second kappa shape index (κ2) is 5.69. The number of morpholine rings is 1. The first-order valence-corrected chi connectivity index (χ1v) is 7.36. The van der Waals surface area contributed by atoms with Crippen molar-refractivity contribution in [2.24, 2.45) is 0 Å². The fraction of sp³-hybridized carbons (Fsp3) is 0.533. The van der Waals surface area contributed by atoms with Crippen LogP contribution in [0.15, 0.2) is 12.1 Å². The van der Waals surface area contributed by atoms with Gasteiger partial charge in [-0.25, -0.2) is 4.79 Å². The molecule has 2 aliphatic heterocycles. The third-order valence-electron chi connectivity index (χ3n) is 4.19. The first-order chi connectivity index (χ1) is 10.9. The van der Waals surface area contributed by atoms with E-state index in [9.17, 15) is 14.9 Å². The molecule has 0 saturated carbocycles. The normalized spacial score (nSPS) is 23.1. The zero-order chi connectivity index (χ0) is 16.6. The van der Waals surface area contributed by atoms with Gasteiger partial charge in [0, 0.05) is 37.2 Å². The topological polar surface area (TPSA) is 91.1 Å². The molecule has 0 aliphatic carbocycles. The summed E-state index contributed by atoms with van der Waals surface area (Å²) in [4.78, 5) is 24.8. The van der Waals surface area contributed by atoms with Crippen LogP contribution in [0.3, 0.4) is 0 Å². The maximum Gasteiger partial charge on any atom is 0.350 e. The van der Waals surface area contributed by atoms with Gasteiger partial charge in [-0.05, 0) is 6.92 Å². The number of hydrogen-bond acceptors (Lipinski definition) is 7. The predicted molar refractivity (Wildman–Crippen MR) is 80.9 cm³/mol. The van der Waals surface area contributed by atoms with Crippen LogP contribution in [0.1, 0.15) is 12.5 Å². The summed E-state index contributed by atoms with van der Waals surface area (Å²) < 4.78 is 15.8. The number of nitrogens with zero attached hydrogens (tertiary/aromatic N) is 2. The number of anilines is 1. The van der Waals surface area contributed by atoms with Crippen molar-refractivity contribution >= 4 is 17.3 Å². The van der Waals surface area contributed by atoms with Crippen molar-refractivity contribution in [2.45, 2.75) is 18.9 Å². The summed E-state index contributed by atoms with van der Waals surface area (Å²) in [5.41, 5.74) is 0.00494. The lowest BCUT2D eigenvalue weighted by Gasteiger charge is -2.28. The molecule has 0 N–H and O–H groups in total. The van der Waals surface area contributed by atoms with Crippen molar-refractivity contribution in [1.29, 1.82) is 0 Å². The molecule has 124 valence electrons. The van der Waals surface area contributed by atoms with Crippen molar-refractivity contribution in [3.63, 3.8) is 0 Å². The number of carbonyl (C=O) groups is 1. The van der Waals surface area contributed by atoms with Crippen LogP contribution in [0.2, 0.25) is 0 Å². The minimum Gasteiger partial charge on any atom is -0.475 e. The first-order valence-electron chi connectivity index (χ1n) is 7.36. The van der Waals surface area contributed by atoms with E-state index in [-0.39, 0.29) is 12.1 Å². The molecule has 0 spiro atoms. The molecule has 8 heteroatoms. The number of carbonyl (C=O) groups excluding carboxylic acids is 1. The van der Waals surface area contributed by atoms with Crippen LogP contribution >= 0.6 is 0 Å². The summed E-state index contributed by atoms with van der Waals surface area (Å²) in [6.07, 6.45) is 0.249. The van der Waals surface area contributed by atoms with Gasteiger partial charge < -0.3 is 19.1 Å². The number of nitro benzene ring substituents is 1. The maximum atomic E-state index is 11.9. The number of benzene rings is 1. The Balaban J connectivity index is 1.99. The smallest absolute Gasteiger partial charge is 0.350 e. The predicted octanol–water partition coefficient (Wildman–Crippen LogP) is 1.30. The monoisotopic (exact) mass is 322 g/mol. The Bertz CT molecular complexity index is 656. The summed E-state index contributed by atoms with van der Waals surface area (Å²) in [5, 5.41) is 11.4. The Hall–Kier alpha value is -2.35. The van der Waals surface area contributed by atoms with E-state index < -0.39 is 16.5 Å². The molecule has 1 aromatic carbocycles. The number of hydrogen-bond donors (Lipinski definition) is 0. The molecule has 1 fully saturated rings. The van der Waals surface area contributed by atoms with Gasteiger partial charge in [0.25, 0.3) is 5.69 Å². The summed E-state index contributed by atoms with van der Waals surface area (Å²) in [5.74, 6) is -0.00531. The van der Waals surface area contributed by atoms with Crippen LogP contribution in [0.25, 0.3) is 0 Å². The molecule has 3 rings (SSSR count). The lowest BCUT2D eigenvalue weighted by molar-refractivity contribution is -0.384. The molecule has 0 aromatic heterocycles. The van der Waals surface area contributed by atoms with E-state index in [1.165, 1.54) is 13.2 Å². The van der Waals surface area contributed by atoms with Gasteiger partial charge in [0.2, 0.25) is 5.60 Å². The average Bonchev–Trinajstić information content (AvgIpc) is 2.90. The second-order valence-electron chi connectivity index (χ2n) is 5.81. The number of esters is 1. The van der Waals surface area contributed by atoms with E-state index in [1.807, 2.05) is 4.90 Å². The number of ether oxygens (including phenoxy) is 3. The molecule has 0 amide bonds. The minimum atomic E-state index is -1.14. The van der Waals surface area contributed by atoms with E-state index in [0.717, 1.165) is 0 Å². The summed E-state index contributed by atoms with van der Waals surface area (Å²) in [6.45, 7) is 3.82. The largest absolute Gasteiger partial charge is 0.475 e. The van der Waals surface area contributed by atoms with E-state index in [1.54, 1.807) is 13.0 Å². The molecule has 23 heavy (non-hydrogen) atoms. The standard InChI is InChI=1S/C15H18N2O6/c1-15(14(18)21-2)9-10-7-12(17(19)20)11(8-13(10)23-15)16-3-5-22-6-4-16/h7-8H,3-6,9H2,1-2H3/t15-/m1/s1. The van der Waals surface area contributed by atoms with Crippen LogP contribution in [0.4, 0.5) is 11.4 Å². The molecule has 0 bridgehead atoms. The van der Waals surface area contributed by atoms with E-state index >= 15 is 0 Å². The molecule has 1 aromatic rings. The Morgan fingerprint density at radius 2 is 2.09 bits per heavy atom. The van der Waals surface area contributed by atoms with Gasteiger partial charge in [0.1, 0.15) is 11.4 Å². The summed E-state index contributed by atoms with van der Waals surface area (Å²) >= 11 is 0. The highest BCUT2D eigenvalue weighted by atomic mass is 16.6. The van der Waals surface area contributed by atoms with Crippen LogP contribution in [-0.4, -0.2) is 49.9 Å². The fourth-order valence-electron chi connectivity index (χ4n) is 3.01. The van der Waals surface area contributed by atoms with Crippen molar-refractivity contribution in [3.05, 3.63) is 27.8 Å². The van der Waals surface area contributed by atoms with Crippen LogP contribution in [0.5, 0.6) is 5.75 Å². The van der Waals surface area contributed by atoms with Gasteiger partial charge >= 0.3 is 5.97 Å². The zero-order valence-corrected chi connectivity index (χ0v) is 13.0. The molecular formula is C15H18N2O6. The van der Waals surface area contributed by atoms with Gasteiger partial charge in [-0.15, -0.1) is 0 Å². The molecular weight excluding hydrogens is 304 g/mol. The van der Waals surface area contributed by atoms with Crippen molar-refractivity contribution < 1.29 is 23.9 Å². The highest BCUT2D eigenvalue weighted by molar-refractivity contribution is 5.82. The molecule has 0 radical (unpaired) electrons. The zero-order valence-electron chi connectivity index (χ0n) is 13.0. The van der Waals surface area contributed by atoms with Gasteiger partial charge in [0.05, 0.1) is 25.2 Å². The Kier molecular flexibility index (Phi) is 3.85. The van der Waals surface area contributed by atoms with Crippen LogP contribution in [-0.2, 0) is 20.7 Å². The Morgan fingerprint density at radius 3 is 2.70 bits per heavy atom. The van der Waals surface area contributed by atoms with Crippen LogP contribution in [0, 0.1) is 10.1 Å². The lowest BCUT2D eigenvalue weighted by atomic mass is 9.99. The number of nitro groups is 1. The molecule has 1 saturated heterocycles. The molecule has 0 unspecified atom stereocenters. The highest BCUT2D eigenvalue weighted by Gasteiger charge is 2.44. The van der Waals surface area contributed by atoms with Gasteiger partial charge in [-0.1, -0.05) is 0 Å². The van der Waals surface area contributed by atoms with E-state index in [4.69, 9.17) is 14.2 Å². The lowest BCUT2D eigenvalue weighted by Crippen LogP contribution is -2.41. The van der Waals surface area contributed by atoms with Gasteiger partial charge in [-0.3, -0.25) is 10.1 Å². The molecule has 2 aliphatic rings. The Labute approximate surface area is 133 Å². The molecule has 2 heterocycles. The van der Waals surface area contributed by atoms with Crippen LogP contribution < -0.4 is 9.64 Å². The fourth-order valence-corrected chi connectivity index (χ4v) is 3.01. The number of rotatable bonds is 3. The molecule has 1 atom stereocenters. The number of fused-ring (bicyclic) bond motifs is 1. The third kappa shape index (κ3) is 2.70. The first kappa shape index (κ1) is 15.5. The average molecular weight is 322 g/mol. The third-order valence-corrected chi connectivity index (χ3v) is 4.19. The second-order valence-corrected chi connectivity index (χ2v) is 5.81. The Morgan fingerprint density at radius 1 is 1.39 bits per heavy atom. The maximum absolute atomic E-state index is 11.9. The van der Waals surface area contributed by atoms with Crippen molar-refractivity contribution in [3.8, 4) is 5.75 Å².